The Balaban J connectivity index is 2.41. The predicted octanol–water partition coefficient (Wildman–Crippen LogP) is 2.87. The van der Waals surface area contributed by atoms with E-state index in [9.17, 15) is 15.2 Å². The molecule has 106 valence electrons. The van der Waals surface area contributed by atoms with Crippen LogP contribution < -0.4 is 5.11 Å². The number of halogens is 1. The number of carbonyl (C=O) groups is 1. The Morgan fingerprint density at radius 1 is 1.10 bits per heavy atom. The van der Waals surface area contributed by atoms with Gasteiger partial charge in [-0.1, -0.05) is 54.1 Å². The highest BCUT2D eigenvalue weighted by Gasteiger charge is 2.25. The molecule has 2 atom stereocenters. The largest absolute Gasteiger partial charge is 0.550 e. The van der Waals surface area contributed by atoms with Crippen molar-refractivity contribution in [2.24, 2.45) is 0 Å². The Kier molecular flexibility index (Phi) is 4.97. The predicted molar refractivity (Wildman–Crippen MR) is 78.6 cm³/mol. The summed E-state index contributed by atoms with van der Waals surface area (Å²) >= 11 is 5.86. The van der Waals surface area contributed by atoms with Crippen LogP contribution in [-0.4, -0.2) is 5.97 Å². The summed E-state index contributed by atoms with van der Waals surface area (Å²) in [6, 6.07) is 18.3. The minimum atomic E-state index is -1.17. The van der Waals surface area contributed by atoms with Gasteiger partial charge in [0, 0.05) is 16.9 Å². The van der Waals surface area contributed by atoms with Crippen LogP contribution in [0.25, 0.3) is 0 Å². The molecule has 0 aromatic heterocycles. The molecule has 2 aromatic carbocycles. The van der Waals surface area contributed by atoms with E-state index in [1.807, 2.05) is 30.3 Å². The molecule has 0 saturated carbocycles. The SMILES string of the molecule is N#CC(c1ccccc1)C(CC(=O)[O-])c1ccc(Cl)cc1. The molecule has 2 rings (SSSR count). The van der Waals surface area contributed by atoms with Crippen molar-refractivity contribution in [2.75, 3.05) is 0 Å². The number of nitriles is 1. The number of carbonyl (C=O) groups excluding carboxylic acids is 1. The summed E-state index contributed by atoms with van der Waals surface area (Å²) in [7, 11) is 0. The maximum atomic E-state index is 11.1. The lowest BCUT2D eigenvalue weighted by atomic mass is 9.80. The Hall–Kier alpha value is -2.31. The minimum Gasteiger partial charge on any atom is -0.550 e. The van der Waals surface area contributed by atoms with Gasteiger partial charge in [-0.25, -0.2) is 0 Å². The van der Waals surface area contributed by atoms with Gasteiger partial charge in [-0.2, -0.15) is 5.26 Å². The van der Waals surface area contributed by atoms with Crippen molar-refractivity contribution in [3.63, 3.8) is 0 Å². The number of nitrogens with zero attached hydrogens (tertiary/aromatic N) is 1. The van der Waals surface area contributed by atoms with E-state index in [1.165, 1.54) is 0 Å². The summed E-state index contributed by atoms with van der Waals surface area (Å²) < 4.78 is 0. The molecule has 0 radical (unpaired) electrons. The van der Waals surface area contributed by atoms with E-state index in [4.69, 9.17) is 11.6 Å². The van der Waals surface area contributed by atoms with Crippen LogP contribution in [0.5, 0.6) is 0 Å². The molecule has 3 nitrogen and oxygen atoms in total. The molecule has 0 bridgehead atoms. The van der Waals surface area contributed by atoms with Gasteiger partial charge in [0.05, 0.1) is 12.0 Å². The first-order valence-electron chi connectivity index (χ1n) is 6.51. The van der Waals surface area contributed by atoms with Gasteiger partial charge in [0.15, 0.2) is 0 Å². The van der Waals surface area contributed by atoms with Gasteiger partial charge >= 0.3 is 0 Å². The quantitative estimate of drug-likeness (QED) is 0.852. The molecule has 2 aromatic rings. The third-order valence-corrected chi connectivity index (χ3v) is 3.64. The molecule has 21 heavy (non-hydrogen) atoms. The van der Waals surface area contributed by atoms with Gasteiger partial charge < -0.3 is 9.90 Å². The number of hydrogen-bond acceptors (Lipinski definition) is 3. The van der Waals surface area contributed by atoms with E-state index in [0.29, 0.717) is 5.02 Å². The average molecular weight is 299 g/mol. The first-order chi connectivity index (χ1) is 10.1. The highest BCUT2D eigenvalue weighted by molar-refractivity contribution is 6.30. The van der Waals surface area contributed by atoms with Crippen LogP contribution in [-0.2, 0) is 4.79 Å². The molecule has 0 aliphatic carbocycles. The van der Waals surface area contributed by atoms with Crippen LogP contribution in [0.1, 0.15) is 29.4 Å². The molecule has 0 aliphatic heterocycles. The van der Waals surface area contributed by atoms with Crippen molar-refractivity contribution in [3.05, 3.63) is 70.7 Å². The molecule has 0 spiro atoms. The van der Waals surface area contributed by atoms with E-state index in [1.54, 1.807) is 24.3 Å². The summed E-state index contributed by atoms with van der Waals surface area (Å²) in [6.45, 7) is 0. The van der Waals surface area contributed by atoms with E-state index < -0.39 is 17.8 Å². The van der Waals surface area contributed by atoms with Crippen molar-refractivity contribution in [2.45, 2.75) is 18.3 Å². The second kappa shape index (κ2) is 6.92. The van der Waals surface area contributed by atoms with Crippen LogP contribution in [0, 0.1) is 11.3 Å². The van der Waals surface area contributed by atoms with E-state index in [-0.39, 0.29) is 6.42 Å². The van der Waals surface area contributed by atoms with Crippen molar-refractivity contribution in [1.82, 2.24) is 0 Å². The van der Waals surface area contributed by atoms with Crippen LogP contribution >= 0.6 is 11.6 Å². The normalized spacial score (nSPS) is 13.1. The van der Waals surface area contributed by atoms with Crippen molar-refractivity contribution >= 4 is 17.6 Å². The zero-order valence-electron chi connectivity index (χ0n) is 11.2. The van der Waals surface area contributed by atoms with E-state index in [2.05, 4.69) is 6.07 Å². The second-order valence-electron chi connectivity index (χ2n) is 4.75. The fourth-order valence-corrected chi connectivity index (χ4v) is 2.50. The first kappa shape index (κ1) is 15.1. The Morgan fingerprint density at radius 3 is 2.24 bits per heavy atom. The number of rotatable bonds is 5. The molecular weight excluding hydrogens is 286 g/mol. The molecular formula is C17H13ClNO2-. The number of benzene rings is 2. The Labute approximate surface area is 128 Å². The zero-order chi connectivity index (χ0) is 15.2. The summed E-state index contributed by atoms with van der Waals surface area (Å²) in [6.07, 6.45) is -0.214. The topological polar surface area (TPSA) is 63.9 Å². The number of aliphatic carboxylic acids is 1. The van der Waals surface area contributed by atoms with Crippen LogP contribution in [0.4, 0.5) is 0 Å². The molecule has 0 amide bonds. The molecule has 0 fully saturated rings. The summed E-state index contributed by atoms with van der Waals surface area (Å²) in [5, 5.41) is 21.1. The minimum absolute atomic E-state index is 0.214. The molecule has 4 heteroatoms. The van der Waals surface area contributed by atoms with Crippen molar-refractivity contribution in [3.8, 4) is 6.07 Å². The summed E-state index contributed by atoms with van der Waals surface area (Å²) in [4.78, 5) is 11.1. The smallest absolute Gasteiger partial charge is 0.0784 e. The molecule has 0 N–H and O–H groups in total. The summed E-state index contributed by atoms with van der Waals surface area (Å²) in [5.74, 6) is -2.20. The zero-order valence-corrected chi connectivity index (χ0v) is 12.0. The van der Waals surface area contributed by atoms with Gasteiger partial charge in [0.2, 0.25) is 0 Å². The highest BCUT2D eigenvalue weighted by Crippen LogP contribution is 2.35. The fraction of sp³-hybridized carbons (Fsp3) is 0.176. The van der Waals surface area contributed by atoms with Crippen LogP contribution in [0.3, 0.4) is 0 Å². The number of carboxylic acids is 1. The van der Waals surface area contributed by atoms with Gasteiger partial charge in [-0.3, -0.25) is 0 Å². The number of carboxylic acid groups (broad SMARTS) is 1. The molecule has 0 aliphatic rings. The Morgan fingerprint density at radius 2 is 1.71 bits per heavy atom. The maximum Gasteiger partial charge on any atom is 0.0784 e. The van der Waals surface area contributed by atoms with Crippen molar-refractivity contribution in [1.29, 1.82) is 5.26 Å². The third kappa shape index (κ3) is 3.84. The molecule has 0 heterocycles. The van der Waals surface area contributed by atoms with Gasteiger partial charge in [0.25, 0.3) is 0 Å². The lowest BCUT2D eigenvalue weighted by Crippen LogP contribution is -2.26. The Bertz CT molecular complexity index is 647. The fourth-order valence-electron chi connectivity index (χ4n) is 2.37. The lowest BCUT2D eigenvalue weighted by molar-refractivity contribution is -0.306. The number of hydrogen-bond donors (Lipinski definition) is 0. The highest BCUT2D eigenvalue weighted by atomic mass is 35.5. The van der Waals surface area contributed by atoms with Gasteiger partial charge in [-0.05, 0) is 29.7 Å². The van der Waals surface area contributed by atoms with Crippen LogP contribution in [0.15, 0.2) is 54.6 Å². The van der Waals surface area contributed by atoms with Crippen LogP contribution in [0.2, 0.25) is 5.02 Å². The molecule has 2 unspecified atom stereocenters. The maximum absolute atomic E-state index is 11.1. The standard InChI is InChI=1S/C17H14ClNO2/c18-14-8-6-13(7-9-14)15(10-17(20)21)16(11-19)12-4-2-1-3-5-12/h1-9,15-16H,10H2,(H,20,21)/p-1. The van der Waals surface area contributed by atoms with E-state index >= 15 is 0 Å². The molecule has 0 saturated heterocycles. The van der Waals surface area contributed by atoms with Gasteiger partial charge in [0.1, 0.15) is 0 Å². The average Bonchev–Trinajstić information content (AvgIpc) is 2.48. The lowest BCUT2D eigenvalue weighted by Gasteiger charge is -2.23. The van der Waals surface area contributed by atoms with E-state index in [0.717, 1.165) is 11.1 Å². The van der Waals surface area contributed by atoms with Crippen molar-refractivity contribution < 1.29 is 9.90 Å². The monoisotopic (exact) mass is 298 g/mol. The summed E-state index contributed by atoms with van der Waals surface area (Å²) in [5.41, 5.74) is 1.56. The second-order valence-corrected chi connectivity index (χ2v) is 5.19. The van der Waals surface area contributed by atoms with Gasteiger partial charge in [-0.15, -0.1) is 0 Å². The first-order valence-corrected chi connectivity index (χ1v) is 6.89. The third-order valence-electron chi connectivity index (χ3n) is 3.38.